The van der Waals surface area contributed by atoms with E-state index in [2.05, 4.69) is 34.0 Å². The molecular weight excluding hydrogens is 396 g/mol. The van der Waals surface area contributed by atoms with E-state index in [0.717, 1.165) is 37.2 Å². The summed E-state index contributed by atoms with van der Waals surface area (Å²) in [6.07, 6.45) is 3.55. The Kier molecular flexibility index (Phi) is 8.06. The first-order chi connectivity index (χ1) is 15.0. The van der Waals surface area contributed by atoms with Crippen LogP contribution in [0.3, 0.4) is 0 Å². The second-order valence-electron chi connectivity index (χ2n) is 8.03. The molecule has 3 rings (SSSR count). The number of carbonyl (C=O) groups is 1. The van der Waals surface area contributed by atoms with Crippen LogP contribution in [0.1, 0.15) is 42.7 Å². The second-order valence-corrected chi connectivity index (χ2v) is 8.03. The Bertz CT molecular complexity index is 868. The number of ether oxygens (including phenoxy) is 3. The number of esters is 1. The predicted molar refractivity (Wildman–Crippen MR) is 119 cm³/mol. The van der Waals surface area contributed by atoms with E-state index >= 15 is 0 Å². The van der Waals surface area contributed by atoms with E-state index in [-0.39, 0.29) is 11.7 Å². The third-order valence-electron chi connectivity index (χ3n) is 5.20. The van der Waals surface area contributed by atoms with Crippen molar-refractivity contribution >= 4 is 11.9 Å². The van der Waals surface area contributed by atoms with Crippen molar-refractivity contribution in [1.82, 2.24) is 15.3 Å². The highest BCUT2D eigenvalue weighted by Gasteiger charge is 2.25. The molecule has 1 aliphatic rings. The molecule has 1 aliphatic heterocycles. The van der Waals surface area contributed by atoms with Crippen molar-refractivity contribution in [2.24, 2.45) is 5.92 Å². The molecule has 0 saturated carbocycles. The molecule has 2 heterocycles. The van der Waals surface area contributed by atoms with Gasteiger partial charge in [0.05, 0.1) is 20.8 Å². The summed E-state index contributed by atoms with van der Waals surface area (Å²) >= 11 is 0. The van der Waals surface area contributed by atoms with Crippen molar-refractivity contribution in [3.63, 3.8) is 0 Å². The Hall–Kier alpha value is -2.87. The van der Waals surface area contributed by atoms with Crippen LogP contribution >= 0.6 is 0 Å². The van der Waals surface area contributed by atoms with Gasteiger partial charge in [-0.1, -0.05) is 19.9 Å². The Balaban J connectivity index is 1.90. The number of benzene rings is 1. The van der Waals surface area contributed by atoms with Crippen LogP contribution in [0.5, 0.6) is 11.5 Å². The number of piperidine rings is 1. The topological polar surface area (TPSA) is 85.8 Å². The number of rotatable bonds is 9. The zero-order valence-electron chi connectivity index (χ0n) is 18.8. The largest absolute Gasteiger partial charge is 0.493 e. The van der Waals surface area contributed by atoms with Crippen LogP contribution in [0, 0.1) is 5.92 Å². The average molecular weight is 429 g/mol. The fraction of sp³-hybridized carbons (Fsp3) is 0.522. The van der Waals surface area contributed by atoms with Crippen molar-refractivity contribution in [3.8, 4) is 11.5 Å². The molecule has 1 aromatic carbocycles. The van der Waals surface area contributed by atoms with Crippen molar-refractivity contribution in [3.05, 3.63) is 41.7 Å². The normalized spacial score (nSPS) is 14.4. The summed E-state index contributed by atoms with van der Waals surface area (Å²) in [4.78, 5) is 23.1. The zero-order valence-corrected chi connectivity index (χ0v) is 18.8. The summed E-state index contributed by atoms with van der Waals surface area (Å²) in [5, 5.41) is 3.40. The number of nitrogens with one attached hydrogen (secondary N) is 1. The molecule has 8 heteroatoms. The summed E-state index contributed by atoms with van der Waals surface area (Å²) < 4.78 is 16.3. The van der Waals surface area contributed by atoms with E-state index in [1.807, 2.05) is 18.2 Å². The standard InChI is InChI=1S/C23H32N4O4/c1-16(2)15-31-21-13-17(5-6-20(21)29-3)14-27(18-7-10-24-11-8-18)23-25-12-9-19(26-23)22(28)30-4/h5-6,9,12-13,16,18,24H,7-8,10-11,14-15H2,1-4H3. The molecule has 2 aromatic rings. The molecule has 0 bridgehead atoms. The molecule has 1 fully saturated rings. The maximum atomic E-state index is 12.0. The maximum absolute atomic E-state index is 12.0. The summed E-state index contributed by atoms with van der Waals surface area (Å²) in [5.74, 6) is 1.90. The first-order valence-corrected chi connectivity index (χ1v) is 10.7. The number of anilines is 1. The van der Waals surface area contributed by atoms with Crippen LogP contribution in [-0.2, 0) is 11.3 Å². The van der Waals surface area contributed by atoms with Crippen molar-refractivity contribution in [1.29, 1.82) is 0 Å². The molecule has 1 aromatic heterocycles. The molecule has 8 nitrogen and oxygen atoms in total. The number of methoxy groups -OCH3 is 2. The number of nitrogens with zero attached hydrogens (tertiary/aromatic N) is 3. The molecule has 168 valence electrons. The molecule has 0 unspecified atom stereocenters. The number of aromatic nitrogens is 2. The SMILES string of the molecule is COC(=O)c1ccnc(N(Cc2ccc(OC)c(OCC(C)C)c2)C2CCNCC2)n1. The van der Waals surface area contributed by atoms with Gasteiger partial charge in [-0.05, 0) is 55.6 Å². The van der Waals surface area contributed by atoms with Gasteiger partial charge in [-0.2, -0.15) is 0 Å². The third-order valence-corrected chi connectivity index (χ3v) is 5.20. The van der Waals surface area contributed by atoms with Crippen LogP contribution in [0.25, 0.3) is 0 Å². The Morgan fingerprint density at radius 3 is 2.65 bits per heavy atom. The quantitative estimate of drug-likeness (QED) is 0.610. The lowest BCUT2D eigenvalue weighted by Gasteiger charge is -2.35. The minimum atomic E-state index is -0.470. The van der Waals surface area contributed by atoms with E-state index in [0.29, 0.717) is 30.8 Å². The summed E-state index contributed by atoms with van der Waals surface area (Å²) in [7, 11) is 3.00. The molecule has 0 radical (unpaired) electrons. The van der Waals surface area contributed by atoms with E-state index in [1.54, 1.807) is 19.4 Å². The van der Waals surface area contributed by atoms with Crippen LogP contribution in [0.2, 0.25) is 0 Å². The number of hydrogen-bond donors (Lipinski definition) is 1. The van der Waals surface area contributed by atoms with E-state index in [4.69, 9.17) is 14.2 Å². The summed E-state index contributed by atoms with van der Waals surface area (Å²) in [6, 6.07) is 7.80. The molecule has 0 atom stereocenters. The predicted octanol–water partition coefficient (Wildman–Crippen LogP) is 3.07. The van der Waals surface area contributed by atoms with Crippen LogP contribution in [-0.4, -0.2) is 55.9 Å². The highest BCUT2D eigenvalue weighted by molar-refractivity contribution is 5.87. The van der Waals surface area contributed by atoms with E-state index < -0.39 is 5.97 Å². The Labute approximate surface area is 183 Å². The van der Waals surface area contributed by atoms with Gasteiger partial charge < -0.3 is 24.4 Å². The van der Waals surface area contributed by atoms with E-state index in [9.17, 15) is 4.79 Å². The third kappa shape index (κ3) is 6.07. The first kappa shape index (κ1) is 22.8. The summed E-state index contributed by atoms with van der Waals surface area (Å²) in [5.41, 5.74) is 1.31. The Morgan fingerprint density at radius 2 is 1.97 bits per heavy atom. The zero-order chi connectivity index (χ0) is 22.2. The van der Waals surface area contributed by atoms with E-state index in [1.165, 1.54) is 7.11 Å². The van der Waals surface area contributed by atoms with Gasteiger partial charge in [0, 0.05) is 18.8 Å². The van der Waals surface area contributed by atoms with Gasteiger partial charge in [0.15, 0.2) is 17.2 Å². The number of hydrogen-bond acceptors (Lipinski definition) is 8. The van der Waals surface area contributed by atoms with Crippen molar-refractivity contribution in [2.75, 3.05) is 38.8 Å². The van der Waals surface area contributed by atoms with Gasteiger partial charge in [0.1, 0.15) is 0 Å². The smallest absolute Gasteiger partial charge is 0.356 e. The lowest BCUT2D eigenvalue weighted by molar-refractivity contribution is 0.0594. The van der Waals surface area contributed by atoms with Crippen LogP contribution in [0.4, 0.5) is 5.95 Å². The van der Waals surface area contributed by atoms with Gasteiger partial charge >= 0.3 is 5.97 Å². The summed E-state index contributed by atoms with van der Waals surface area (Å²) in [6.45, 7) is 7.30. The number of carbonyl (C=O) groups excluding carboxylic acids is 1. The molecule has 1 saturated heterocycles. The minimum Gasteiger partial charge on any atom is -0.493 e. The van der Waals surface area contributed by atoms with Gasteiger partial charge in [0.25, 0.3) is 0 Å². The minimum absolute atomic E-state index is 0.252. The lowest BCUT2D eigenvalue weighted by Crippen LogP contribution is -2.43. The van der Waals surface area contributed by atoms with Crippen molar-refractivity contribution in [2.45, 2.75) is 39.3 Å². The molecule has 31 heavy (non-hydrogen) atoms. The average Bonchev–Trinajstić information content (AvgIpc) is 2.81. The molecule has 0 spiro atoms. The molecule has 0 aliphatic carbocycles. The second kappa shape index (κ2) is 10.9. The maximum Gasteiger partial charge on any atom is 0.356 e. The highest BCUT2D eigenvalue weighted by Crippen LogP contribution is 2.30. The first-order valence-electron chi connectivity index (χ1n) is 10.7. The van der Waals surface area contributed by atoms with Gasteiger partial charge in [-0.15, -0.1) is 0 Å². The van der Waals surface area contributed by atoms with Crippen LogP contribution in [0.15, 0.2) is 30.5 Å². The fourth-order valence-electron chi connectivity index (χ4n) is 3.57. The molecule has 1 N–H and O–H groups in total. The Morgan fingerprint density at radius 1 is 1.19 bits per heavy atom. The molecule has 0 amide bonds. The van der Waals surface area contributed by atoms with Gasteiger partial charge in [-0.25, -0.2) is 14.8 Å². The highest BCUT2D eigenvalue weighted by atomic mass is 16.5. The van der Waals surface area contributed by atoms with Gasteiger partial charge in [0.2, 0.25) is 5.95 Å². The molecular formula is C23H32N4O4. The monoisotopic (exact) mass is 428 g/mol. The van der Waals surface area contributed by atoms with Crippen LogP contribution < -0.4 is 19.7 Å². The van der Waals surface area contributed by atoms with Gasteiger partial charge in [-0.3, -0.25) is 0 Å². The lowest BCUT2D eigenvalue weighted by atomic mass is 10.0. The van der Waals surface area contributed by atoms with Crippen molar-refractivity contribution < 1.29 is 19.0 Å². The fourth-order valence-corrected chi connectivity index (χ4v) is 3.57.